The molecule has 1 aliphatic carbocycles. The van der Waals surface area contributed by atoms with Crippen LogP contribution in [0.5, 0.6) is 0 Å². The van der Waals surface area contributed by atoms with E-state index in [-0.39, 0.29) is 0 Å². The molecule has 74 valence electrons. The molecule has 0 amide bonds. The van der Waals surface area contributed by atoms with Gasteiger partial charge >= 0.3 is 0 Å². The smallest absolute Gasteiger partial charge is 0.0587 e. The summed E-state index contributed by atoms with van der Waals surface area (Å²) in [7, 11) is 1.74. The van der Waals surface area contributed by atoms with Gasteiger partial charge in [-0.2, -0.15) is 0 Å². The average Bonchev–Trinajstić information content (AvgIpc) is 2.05. The van der Waals surface area contributed by atoms with E-state index < -0.39 is 0 Å². The number of ether oxygens (including phenoxy) is 1. The Labute approximate surface area is 76.7 Å². The lowest BCUT2D eigenvalue weighted by Crippen LogP contribution is -2.41. The molecular formula is C10H23NO. The van der Waals surface area contributed by atoms with Crippen LogP contribution in [0.1, 0.15) is 33.6 Å². The minimum atomic E-state index is 0.783. The Bertz CT molecular complexity index is 89.8. The van der Waals surface area contributed by atoms with Crippen molar-refractivity contribution < 1.29 is 4.74 Å². The Kier molecular flexibility index (Phi) is 7.51. The summed E-state index contributed by atoms with van der Waals surface area (Å²) in [5.74, 6) is 0.944. The van der Waals surface area contributed by atoms with Crippen molar-refractivity contribution in [3.8, 4) is 0 Å². The molecule has 0 heterocycles. The second-order valence-corrected chi connectivity index (χ2v) is 3.22. The van der Waals surface area contributed by atoms with Crippen molar-refractivity contribution in [1.29, 1.82) is 0 Å². The standard InChI is InChI=1S/C8H17NO.C2H6/c1-7-5-8(6-7)9-3-4-10-2;1-2/h7-9H,3-6H2,1-2H3;1-2H3. The first kappa shape index (κ1) is 11.9. The first-order chi connectivity index (χ1) is 5.83. The van der Waals surface area contributed by atoms with E-state index in [1.807, 2.05) is 13.8 Å². The fourth-order valence-electron chi connectivity index (χ4n) is 1.43. The summed E-state index contributed by atoms with van der Waals surface area (Å²) in [5.41, 5.74) is 0. The lowest BCUT2D eigenvalue weighted by molar-refractivity contribution is 0.175. The van der Waals surface area contributed by atoms with E-state index in [1.165, 1.54) is 12.8 Å². The second-order valence-electron chi connectivity index (χ2n) is 3.22. The lowest BCUT2D eigenvalue weighted by Gasteiger charge is -2.33. The fraction of sp³-hybridized carbons (Fsp3) is 1.00. The zero-order valence-corrected chi connectivity index (χ0v) is 8.89. The zero-order chi connectivity index (χ0) is 9.40. The van der Waals surface area contributed by atoms with Crippen LogP contribution in [0.4, 0.5) is 0 Å². The molecule has 0 aromatic carbocycles. The molecule has 0 radical (unpaired) electrons. The van der Waals surface area contributed by atoms with E-state index in [0.29, 0.717) is 0 Å². The van der Waals surface area contributed by atoms with E-state index in [1.54, 1.807) is 7.11 Å². The predicted octanol–water partition coefficient (Wildman–Crippen LogP) is 2.05. The van der Waals surface area contributed by atoms with Crippen LogP contribution in [0.25, 0.3) is 0 Å². The highest BCUT2D eigenvalue weighted by Crippen LogP contribution is 2.25. The second kappa shape index (κ2) is 7.56. The van der Waals surface area contributed by atoms with Gasteiger partial charge in [0, 0.05) is 19.7 Å². The van der Waals surface area contributed by atoms with E-state index in [9.17, 15) is 0 Å². The highest BCUT2D eigenvalue weighted by Gasteiger charge is 2.23. The summed E-state index contributed by atoms with van der Waals surface area (Å²) in [6, 6.07) is 0.783. The maximum atomic E-state index is 4.93. The van der Waals surface area contributed by atoms with Crippen LogP contribution in [0.3, 0.4) is 0 Å². The molecule has 0 bridgehead atoms. The molecule has 0 unspecified atom stereocenters. The molecule has 1 N–H and O–H groups in total. The molecule has 1 rings (SSSR count). The molecule has 0 atom stereocenters. The molecular weight excluding hydrogens is 150 g/mol. The Morgan fingerprint density at radius 1 is 1.33 bits per heavy atom. The first-order valence-corrected chi connectivity index (χ1v) is 5.05. The number of methoxy groups -OCH3 is 1. The van der Waals surface area contributed by atoms with Crippen LogP contribution in [-0.2, 0) is 4.74 Å². The molecule has 0 aliphatic heterocycles. The highest BCUT2D eigenvalue weighted by atomic mass is 16.5. The fourth-order valence-corrected chi connectivity index (χ4v) is 1.43. The van der Waals surface area contributed by atoms with Crippen molar-refractivity contribution in [1.82, 2.24) is 5.32 Å². The Hall–Kier alpha value is -0.0800. The molecule has 0 aromatic heterocycles. The van der Waals surface area contributed by atoms with Gasteiger partial charge < -0.3 is 10.1 Å². The van der Waals surface area contributed by atoms with Crippen LogP contribution in [0.2, 0.25) is 0 Å². The molecule has 1 aliphatic rings. The number of rotatable bonds is 4. The van der Waals surface area contributed by atoms with Crippen molar-refractivity contribution in [3.63, 3.8) is 0 Å². The normalized spacial score (nSPS) is 27.0. The van der Waals surface area contributed by atoms with Gasteiger partial charge in [0.25, 0.3) is 0 Å². The topological polar surface area (TPSA) is 21.3 Å². The summed E-state index contributed by atoms with van der Waals surface area (Å²) in [5, 5.41) is 3.43. The zero-order valence-electron chi connectivity index (χ0n) is 8.89. The van der Waals surface area contributed by atoms with Gasteiger partial charge in [-0.25, -0.2) is 0 Å². The van der Waals surface area contributed by atoms with Crippen LogP contribution in [0.15, 0.2) is 0 Å². The van der Waals surface area contributed by atoms with Gasteiger partial charge in [-0.1, -0.05) is 20.8 Å². The minimum absolute atomic E-state index is 0.783. The third-order valence-corrected chi connectivity index (χ3v) is 2.11. The number of hydrogen-bond donors (Lipinski definition) is 1. The SMILES string of the molecule is CC.COCCNC1CC(C)C1. The van der Waals surface area contributed by atoms with Gasteiger partial charge in [-0.3, -0.25) is 0 Å². The predicted molar refractivity (Wildman–Crippen MR) is 53.4 cm³/mol. The molecule has 12 heavy (non-hydrogen) atoms. The first-order valence-electron chi connectivity index (χ1n) is 5.05. The van der Waals surface area contributed by atoms with E-state index in [0.717, 1.165) is 25.1 Å². The van der Waals surface area contributed by atoms with E-state index in [2.05, 4.69) is 12.2 Å². The van der Waals surface area contributed by atoms with Gasteiger partial charge in [-0.15, -0.1) is 0 Å². The molecule has 1 fully saturated rings. The van der Waals surface area contributed by atoms with Gasteiger partial charge in [0.1, 0.15) is 0 Å². The Morgan fingerprint density at radius 3 is 2.33 bits per heavy atom. The van der Waals surface area contributed by atoms with Gasteiger partial charge in [0.2, 0.25) is 0 Å². The molecule has 1 saturated carbocycles. The van der Waals surface area contributed by atoms with Gasteiger partial charge in [0.05, 0.1) is 6.61 Å². The third-order valence-electron chi connectivity index (χ3n) is 2.11. The number of nitrogens with one attached hydrogen (secondary N) is 1. The molecule has 0 spiro atoms. The summed E-state index contributed by atoms with van der Waals surface area (Å²) >= 11 is 0. The van der Waals surface area contributed by atoms with Crippen LogP contribution >= 0.6 is 0 Å². The van der Waals surface area contributed by atoms with Crippen molar-refractivity contribution in [2.75, 3.05) is 20.3 Å². The summed E-state index contributed by atoms with van der Waals surface area (Å²) in [6.45, 7) is 8.15. The van der Waals surface area contributed by atoms with Crippen LogP contribution < -0.4 is 5.32 Å². The monoisotopic (exact) mass is 173 g/mol. The van der Waals surface area contributed by atoms with Gasteiger partial charge in [0.15, 0.2) is 0 Å². The minimum Gasteiger partial charge on any atom is -0.383 e. The Morgan fingerprint density at radius 2 is 1.92 bits per heavy atom. The highest BCUT2D eigenvalue weighted by molar-refractivity contribution is 4.81. The van der Waals surface area contributed by atoms with Crippen LogP contribution in [0, 0.1) is 5.92 Å². The quantitative estimate of drug-likeness (QED) is 0.657. The average molecular weight is 173 g/mol. The van der Waals surface area contributed by atoms with Crippen molar-refractivity contribution >= 4 is 0 Å². The summed E-state index contributed by atoms with van der Waals surface area (Å²) in [6.07, 6.45) is 2.70. The van der Waals surface area contributed by atoms with E-state index in [4.69, 9.17) is 4.74 Å². The van der Waals surface area contributed by atoms with E-state index >= 15 is 0 Å². The van der Waals surface area contributed by atoms with Crippen LogP contribution in [-0.4, -0.2) is 26.3 Å². The van der Waals surface area contributed by atoms with Crippen molar-refractivity contribution in [2.24, 2.45) is 5.92 Å². The summed E-state index contributed by atoms with van der Waals surface area (Å²) < 4.78 is 4.93. The largest absolute Gasteiger partial charge is 0.383 e. The maximum Gasteiger partial charge on any atom is 0.0587 e. The van der Waals surface area contributed by atoms with Gasteiger partial charge in [-0.05, 0) is 18.8 Å². The van der Waals surface area contributed by atoms with Crippen molar-refractivity contribution in [2.45, 2.75) is 39.7 Å². The molecule has 0 saturated heterocycles. The third kappa shape index (κ3) is 4.73. The molecule has 0 aromatic rings. The molecule has 2 heteroatoms. The number of hydrogen-bond acceptors (Lipinski definition) is 2. The molecule has 2 nitrogen and oxygen atoms in total. The maximum absolute atomic E-state index is 4.93. The summed E-state index contributed by atoms with van der Waals surface area (Å²) in [4.78, 5) is 0. The Balaban J connectivity index is 0.000000561. The van der Waals surface area contributed by atoms with Crippen molar-refractivity contribution in [3.05, 3.63) is 0 Å². The lowest BCUT2D eigenvalue weighted by atomic mass is 9.82.